The number of rotatable bonds is 19. The minimum absolute atomic E-state index is 0.236. The second kappa shape index (κ2) is 16.3. The van der Waals surface area contributed by atoms with Crippen LogP contribution in [-0.2, 0) is 42.6 Å². The van der Waals surface area contributed by atoms with E-state index in [-0.39, 0.29) is 6.61 Å². The first-order valence-electron chi connectivity index (χ1n) is 10.7. The van der Waals surface area contributed by atoms with Crippen LogP contribution in [0.1, 0.15) is 12.8 Å². The van der Waals surface area contributed by atoms with Gasteiger partial charge in [0.15, 0.2) is 0 Å². The average molecular weight is 510 g/mol. The number of nitrogens with zero attached hydrogens (tertiary/aromatic N) is 2. The molecular weight excluding hydrogens is 470 g/mol. The third-order valence-corrected chi connectivity index (χ3v) is 10.8. The Morgan fingerprint density at radius 3 is 2.03 bits per heavy atom. The molecule has 14 heteroatoms. The molecule has 1 amide bonds. The fourth-order valence-corrected chi connectivity index (χ4v) is 6.57. The first-order valence-corrected chi connectivity index (χ1v) is 14.6. The molecule has 192 valence electrons. The maximum absolute atomic E-state index is 12.3. The smallest absolute Gasteiger partial charge is 0.442 e. The van der Waals surface area contributed by atoms with E-state index in [1.807, 2.05) is 4.57 Å². The minimum atomic E-state index is -2.66. The van der Waals surface area contributed by atoms with Gasteiger partial charge in [-0.25, -0.2) is 9.78 Å². The molecule has 12 nitrogen and oxygen atoms in total. The second-order valence-electron chi connectivity index (χ2n) is 7.09. The van der Waals surface area contributed by atoms with Gasteiger partial charge < -0.3 is 45.9 Å². The summed E-state index contributed by atoms with van der Waals surface area (Å²) in [6.45, 7) is 1.52. The predicted octanol–water partition coefficient (Wildman–Crippen LogP) is 1.53. The van der Waals surface area contributed by atoms with E-state index < -0.39 is 29.8 Å². The van der Waals surface area contributed by atoms with E-state index >= 15 is 0 Å². The Morgan fingerprint density at radius 1 is 0.939 bits per heavy atom. The summed E-state index contributed by atoms with van der Waals surface area (Å²) in [5.41, 5.74) is 0. The molecule has 0 saturated carbocycles. The highest BCUT2D eigenvalue weighted by molar-refractivity contribution is 6.60. The van der Waals surface area contributed by atoms with Crippen molar-refractivity contribution in [3.8, 4) is 0 Å². The van der Waals surface area contributed by atoms with E-state index in [2.05, 4.69) is 10.3 Å². The van der Waals surface area contributed by atoms with E-state index in [1.165, 1.54) is 0 Å². The molecule has 0 radical (unpaired) electrons. The first-order chi connectivity index (χ1) is 15.9. The van der Waals surface area contributed by atoms with Gasteiger partial charge >= 0.3 is 23.7 Å². The monoisotopic (exact) mass is 509 g/mol. The SMILES string of the molecule is CO[Si](CCCNC(=O)OC(COCCC[Si](OC)(OC)OC)Cn1ccnc1)(OC)OC. The number of carbonyl (C=O) groups excluding carboxylic acids is 1. The van der Waals surface area contributed by atoms with Gasteiger partial charge in [-0.1, -0.05) is 0 Å². The van der Waals surface area contributed by atoms with Gasteiger partial charge in [0.05, 0.1) is 19.5 Å². The zero-order valence-corrected chi connectivity index (χ0v) is 22.5. The highest BCUT2D eigenvalue weighted by atomic mass is 28.4. The Hall–Kier alpha value is -1.37. The summed E-state index contributed by atoms with van der Waals surface area (Å²) in [5, 5.41) is 2.75. The molecule has 1 heterocycles. The maximum Gasteiger partial charge on any atom is 0.500 e. The topological polar surface area (TPSA) is 121 Å². The predicted molar refractivity (Wildman–Crippen MR) is 124 cm³/mol. The van der Waals surface area contributed by atoms with Crippen LogP contribution in [0.3, 0.4) is 0 Å². The van der Waals surface area contributed by atoms with Crippen LogP contribution in [0.2, 0.25) is 12.1 Å². The average Bonchev–Trinajstić information content (AvgIpc) is 3.35. The summed E-state index contributed by atoms with van der Waals surface area (Å²) in [6.07, 6.45) is 5.44. The van der Waals surface area contributed by atoms with Crippen molar-refractivity contribution in [1.29, 1.82) is 0 Å². The fourth-order valence-electron chi connectivity index (χ4n) is 3.16. The standard InChI is InChI=1S/C19H39N3O9Si2/c1-24-32(25-2,26-3)13-7-9-21-19(23)31-18(15-22-11-10-20-17-22)16-30-12-8-14-33(27-4,28-5)29-6/h10-11,17-18H,7-9,12-16H2,1-6H3,(H,21,23). The van der Waals surface area contributed by atoms with Crippen LogP contribution in [0.5, 0.6) is 0 Å². The maximum atomic E-state index is 12.3. The van der Waals surface area contributed by atoms with Crippen LogP contribution in [-0.4, -0.2) is 102 Å². The summed E-state index contributed by atoms with van der Waals surface area (Å²) in [5.74, 6) is 0. The molecular formula is C19H39N3O9Si2. The molecule has 1 N–H and O–H groups in total. The lowest BCUT2D eigenvalue weighted by Gasteiger charge is -2.24. The van der Waals surface area contributed by atoms with E-state index in [1.54, 1.807) is 61.4 Å². The highest BCUT2D eigenvalue weighted by Gasteiger charge is 2.37. The van der Waals surface area contributed by atoms with Crippen molar-refractivity contribution in [2.45, 2.75) is 37.6 Å². The Kier molecular flexibility index (Phi) is 14.6. The van der Waals surface area contributed by atoms with Gasteiger partial charge in [-0.2, -0.15) is 0 Å². The molecule has 1 aromatic rings. The van der Waals surface area contributed by atoms with E-state index in [0.717, 1.165) is 0 Å². The van der Waals surface area contributed by atoms with Gasteiger partial charge in [-0.3, -0.25) is 0 Å². The highest BCUT2D eigenvalue weighted by Crippen LogP contribution is 2.15. The normalized spacial score (nSPS) is 13.2. The number of hydrogen-bond acceptors (Lipinski definition) is 10. The summed E-state index contributed by atoms with van der Waals surface area (Å²) >= 11 is 0. The molecule has 0 aliphatic heterocycles. The Morgan fingerprint density at radius 2 is 1.52 bits per heavy atom. The second-order valence-corrected chi connectivity index (χ2v) is 13.3. The first kappa shape index (κ1) is 29.7. The Balaban J connectivity index is 2.45. The lowest BCUT2D eigenvalue weighted by atomic mass is 10.3. The molecule has 1 atom stereocenters. The van der Waals surface area contributed by atoms with Gasteiger partial charge in [0.25, 0.3) is 0 Å². The quantitative estimate of drug-likeness (QED) is 0.217. The molecule has 1 rings (SSSR count). The zero-order chi connectivity index (χ0) is 24.6. The largest absolute Gasteiger partial charge is 0.500 e. The lowest BCUT2D eigenvalue weighted by molar-refractivity contribution is 0.0111. The number of alkyl carbamates (subject to hydrolysis) is 1. The van der Waals surface area contributed by atoms with Crippen molar-refractivity contribution < 1.29 is 40.8 Å². The number of hydrogen-bond donors (Lipinski definition) is 1. The van der Waals surface area contributed by atoms with Crippen LogP contribution in [0.4, 0.5) is 4.79 Å². The van der Waals surface area contributed by atoms with Crippen molar-refractivity contribution in [3.63, 3.8) is 0 Å². The zero-order valence-electron chi connectivity index (χ0n) is 20.5. The number of amides is 1. The van der Waals surface area contributed by atoms with Crippen molar-refractivity contribution in [2.24, 2.45) is 0 Å². The van der Waals surface area contributed by atoms with E-state index in [0.29, 0.717) is 44.6 Å². The molecule has 0 fully saturated rings. The molecule has 1 aromatic heterocycles. The molecule has 0 aromatic carbocycles. The minimum Gasteiger partial charge on any atom is -0.442 e. The summed E-state index contributed by atoms with van der Waals surface area (Å²) in [4.78, 5) is 16.3. The van der Waals surface area contributed by atoms with Gasteiger partial charge in [0, 0.05) is 80.3 Å². The number of imidazole rings is 1. The van der Waals surface area contributed by atoms with Crippen LogP contribution in [0.15, 0.2) is 18.7 Å². The number of nitrogens with one attached hydrogen (secondary N) is 1. The molecule has 0 aliphatic carbocycles. The van der Waals surface area contributed by atoms with Crippen LogP contribution >= 0.6 is 0 Å². The lowest BCUT2D eigenvalue weighted by Crippen LogP contribution is -2.43. The van der Waals surface area contributed by atoms with E-state index in [9.17, 15) is 4.79 Å². The summed E-state index contributed by atoms with van der Waals surface area (Å²) in [6, 6.07) is 1.20. The molecule has 0 aliphatic rings. The van der Waals surface area contributed by atoms with Crippen LogP contribution < -0.4 is 5.32 Å². The van der Waals surface area contributed by atoms with Crippen LogP contribution in [0.25, 0.3) is 0 Å². The summed E-state index contributed by atoms with van der Waals surface area (Å²) in [7, 11) is 4.13. The van der Waals surface area contributed by atoms with Gasteiger partial charge in [0.2, 0.25) is 0 Å². The summed E-state index contributed by atoms with van der Waals surface area (Å²) < 4.78 is 45.5. The van der Waals surface area contributed by atoms with Gasteiger partial charge in [0.1, 0.15) is 6.10 Å². The Labute approximate surface area is 198 Å². The van der Waals surface area contributed by atoms with Crippen molar-refractivity contribution in [3.05, 3.63) is 18.7 Å². The number of ether oxygens (including phenoxy) is 2. The van der Waals surface area contributed by atoms with Crippen LogP contribution in [0, 0.1) is 0 Å². The van der Waals surface area contributed by atoms with Crippen molar-refractivity contribution >= 4 is 23.7 Å². The molecule has 1 unspecified atom stereocenters. The third-order valence-electron chi connectivity index (χ3n) is 5.12. The van der Waals surface area contributed by atoms with Gasteiger partial charge in [-0.15, -0.1) is 0 Å². The van der Waals surface area contributed by atoms with Gasteiger partial charge in [-0.05, 0) is 12.8 Å². The molecule has 0 spiro atoms. The number of carbonyl (C=O) groups is 1. The van der Waals surface area contributed by atoms with Crippen molar-refractivity contribution in [1.82, 2.24) is 14.9 Å². The molecule has 33 heavy (non-hydrogen) atoms. The fraction of sp³-hybridized carbons (Fsp3) is 0.789. The molecule has 0 bridgehead atoms. The third kappa shape index (κ3) is 10.6. The van der Waals surface area contributed by atoms with Crippen molar-refractivity contribution in [2.75, 3.05) is 62.4 Å². The Bertz CT molecular complexity index is 616. The number of aromatic nitrogens is 2. The van der Waals surface area contributed by atoms with E-state index in [4.69, 9.17) is 36.0 Å². The molecule has 0 saturated heterocycles.